The molecule has 0 radical (unpaired) electrons. The molecule has 0 amide bonds. The van der Waals surface area contributed by atoms with Gasteiger partial charge in [-0.2, -0.15) is 11.8 Å². The first-order valence-electron chi connectivity index (χ1n) is 6.39. The number of benzene rings is 1. The zero-order chi connectivity index (χ0) is 13.8. The minimum Gasteiger partial charge on any atom is -0.303 e. The maximum Gasteiger partial charge on any atom is 0.126 e. The molecule has 1 aromatic carbocycles. The molecule has 0 bridgehead atoms. The molecule has 0 saturated carbocycles. The normalized spacial score (nSPS) is 14.3. The van der Waals surface area contributed by atoms with E-state index in [1.807, 2.05) is 25.6 Å². The van der Waals surface area contributed by atoms with E-state index in [0.717, 1.165) is 12.0 Å². The third-order valence-corrected chi connectivity index (χ3v) is 8.87. The Hall–Kier alpha value is -0.543. The second-order valence-corrected chi connectivity index (χ2v) is 13.4. The second kappa shape index (κ2) is 6.07. The molecule has 0 aliphatic rings. The first-order valence-corrected chi connectivity index (χ1v) is 11.0. The third-order valence-electron chi connectivity index (χ3n) is 2.83. The molecule has 0 spiro atoms. The Morgan fingerprint density at radius 1 is 1.22 bits per heavy atom. The van der Waals surface area contributed by atoms with Gasteiger partial charge in [-0.3, -0.25) is 0 Å². The molecule has 0 aliphatic heterocycles. The quantitative estimate of drug-likeness (QED) is 0.561. The van der Waals surface area contributed by atoms with Crippen LogP contribution >= 0.6 is 11.8 Å². The van der Waals surface area contributed by atoms with Gasteiger partial charge in [0, 0.05) is 16.0 Å². The lowest BCUT2D eigenvalue weighted by molar-refractivity contribution is -0.113. The summed E-state index contributed by atoms with van der Waals surface area (Å²) in [5.41, 5.74) is 1.18. The smallest absolute Gasteiger partial charge is 0.126 e. The predicted octanol–water partition coefficient (Wildman–Crippen LogP) is 4.56. The number of hydrogen-bond donors (Lipinski definition) is 0. The van der Waals surface area contributed by atoms with E-state index < -0.39 is 8.07 Å². The molecular weight excluding hydrogens is 256 g/mol. The molecule has 100 valence electrons. The highest BCUT2D eigenvalue weighted by atomic mass is 32.2. The van der Waals surface area contributed by atoms with Gasteiger partial charge in [-0.1, -0.05) is 63.8 Å². The first kappa shape index (κ1) is 15.5. The summed E-state index contributed by atoms with van der Waals surface area (Å²) in [7, 11) is -1.29. The largest absolute Gasteiger partial charge is 0.303 e. The Labute approximate surface area is 116 Å². The molecule has 0 saturated heterocycles. The van der Waals surface area contributed by atoms with Crippen molar-refractivity contribution in [3.05, 3.63) is 35.9 Å². The summed E-state index contributed by atoms with van der Waals surface area (Å²) in [6, 6.07) is 10.7. The van der Waals surface area contributed by atoms with Gasteiger partial charge in [-0.25, -0.2) is 0 Å². The molecule has 1 atom stereocenters. The van der Waals surface area contributed by atoms with E-state index >= 15 is 0 Å². The summed E-state index contributed by atoms with van der Waals surface area (Å²) >= 11 is 1.94. The van der Waals surface area contributed by atoms with Crippen molar-refractivity contribution < 1.29 is 4.79 Å². The van der Waals surface area contributed by atoms with Crippen molar-refractivity contribution in [1.29, 1.82) is 0 Å². The third kappa shape index (κ3) is 4.62. The fourth-order valence-electron chi connectivity index (χ4n) is 1.81. The lowest BCUT2D eigenvalue weighted by Gasteiger charge is -2.31. The minimum atomic E-state index is -1.29. The van der Waals surface area contributed by atoms with Gasteiger partial charge in [0.05, 0.1) is 8.07 Å². The van der Waals surface area contributed by atoms with Crippen molar-refractivity contribution in [1.82, 2.24) is 0 Å². The van der Waals surface area contributed by atoms with Crippen LogP contribution in [-0.2, 0) is 4.79 Å². The highest BCUT2D eigenvalue weighted by Crippen LogP contribution is 2.39. The van der Waals surface area contributed by atoms with Crippen LogP contribution in [0.3, 0.4) is 0 Å². The maximum atomic E-state index is 11.0. The lowest BCUT2D eigenvalue weighted by atomic mass is 10.00. The average Bonchev–Trinajstić information content (AvgIpc) is 2.29. The van der Waals surface area contributed by atoms with Crippen LogP contribution in [0.4, 0.5) is 0 Å². The van der Waals surface area contributed by atoms with Gasteiger partial charge in [0.1, 0.15) is 6.29 Å². The Morgan fingerprint density at radius 3 is 2.22 bits per heavy atom. The summed E-state index contributed by atoms with van der Waals surface area (Å²) in [5.74, 6) is 0.889. The van der Waals surface area contributed by atoms with Gasteiger partial charge in [-0.05, 0) is 5.56 Å². The van der Waals surface area contributed by atoms with Crippen LogP contribution in [0.25, 0.3) is 0 Å². The van der Waals surface area contributed by atoms with Gasteiger partial charge in [0.2, 0.25) is 0 Å². The Bertz CT molecular complexity index is 381. The fourth-order valence-corrected chi connectivity index (χ4v) is 6.26. The molecule has 0 N–H and O–H groups in total. The van der Waals surface area contributed by atoms with Gasteiger partial charge < -0.3 is 4.79 Å². The van der Waals surface area contributed by atoms with Gasteiger partial charge in [0.25, 0.3) is 0 Å². The van der Waals surface area contributed by atoms with Crippen LogP contribution in [0.1, 0.15) is 24.3 Å². The van der Waals surface area contributed by atoms with E-state index in [1.54, 1.807) is 0 Å². The van der Waals surface area contributed by atoms with Crippen molar-refractivity contribution in [2.75, 3.05) is 5.75 Å². The molecule has 1 rings (SSSR count). The number of rotatable bonds is 6. The molecule has 1 aromatic rings. The summed E-state index contributed by atoms with van der Waals surface area (Å²) in [4.78, 5) is 11.6. The zero-order valence-electron chi connectivity index (χ0n) is 12.1. The molecule has 0 aromatic heterocycles. The molecular formula is C15H24OSSi. The average molecular weight is 281 g/mol. The lowest BCUT2D eigenvalue weighted by Crippen LogP contribution is -2.30. The van der Waals surface area contributed by atoms with Crippen LogP contribution in [0.2, 0.25) is 19.6 Å². The summed E-state index contributed by atoms with van der Waals surface area (Å²) in [5, 5.41) is 0. The summed E-state index contributed by atoms with van der Waals surface area (Å²) in [6.45, 7) is 11.2. The molecule has 1 nitrogen and oxygen atoms in total. The molecule has 3 heteroatoms. The fraction of sp³-hybridized carbons (Fsp3) is 0.533. The summed E-state index contributed by atoms with van der Waals surface area (Å²) in [6.07, 6.45) is 1.08. The minimum absolute atomic E-state index is 0.225. The molecule has 0 heterocycles. The number of hydrogen-bond acceptors (Lipinski definition) is 2. The SMILES string of the molecule is CC(C)(C=O)CSC(c1ccccc1)[Si](C)(C)C. The van der Waals surface area contributed by atoms with Crippen LogP contribution in [0.15, 0.2) is 30.3 Å². The van der Waals surface area contributed by atoms with Crippen LogP contribution in [0.5, 0.6) is 0 Å². The molecule has 0 fully saturated rings. The van der Waals surface area contributed by atoms with E-state index in [1.165, 1.54) is 5.56 Å². The van der Waals surface area contributed by atoms with Crippen molar-refractivity contribution >= 4 is 26.1 Å². The van der Waals surface area contributed by atoms with Gasteiger partial charge in [0.15, 0.2) is 0 Å². The van der Waals surface area contributed by atoms with Gasteiger partial charge >= 0.3 is 0 Å². The number of carbonyl (C=O) groups excluding carboxylic acids is 1. The monoisotopic (exact) mass is 280 g/mol. The number of carbonyl (C=O) groups is 1. The van der Waals surface area contributed by atoms with Crippen molar-refractivity contribution in [3.63, 3.8) is 0 Å². The highest BCUT2D eigenvalue weighted by Gasteiger charge is 2.30. The van der Waals surface area contributed by atoms with E-state index in [-0.39, 0.29) is 5.41 Å². The summed E-state index contributed by atoms with van der Waals surface area (Å²) < 4.78 is 0. The standard InChI is InChI=1S/C15H24OSSi/c1-15(2,11-16)12-17-14(18(3,4)5)13-9-7-6-8-10-13/h6-11,14H,12H2,1-5H3. The number of thioether (sulfide) groups is 1. The predicted molar refractivity (Wildman–Crippen MR) is 84.8 cm³/mol. The number of aldehydes is 1. The van der Waals surface area contributed by atoms with Crippen molar-refractivity contribution in [2.24, 2.45) is 5.41 Å². The van der Waals surface area contributed by atoms with E-state index in [2.05, 4.69) is 50.0 Å². The highest BCUT2D eigenvalue weighted by molar-refractivity contribution is 8.01. The van der Waals surface area contributed by atoms with Crippen LogP contribution in [0, 0.1) is 5.41 Å². The molecule has 1 unspecified atom stereocenters. The Balaban J connectivity index is 2.85. The van der Waals surface area contributed by atoms with Crippen molar-refractivity contribution in [3.8, 4) is 0 Å². The van der Waals surface area contributed by atoms with Crippen molar-refractivity contribution in [2.45, 2.75) is 38.4 Å². The van der Waals surface area contributed by atoms with E-state index in [0.29, 0.717) is 4.87 Å². The van der Waals surface area contributed by atoms with E-state index in [9.17, 15) is 4.79 Å². The Kier molecular flexibility index (Phi) is 5.23. The van der Waals surface area contributed by atoms with Gasteiger partial charge in [-0.15, -0.1) is 0 Å². The topological polar surface area (TPSA) is 17.1 Å². The zero-order valence-corrected chi connectivity index (χ0v) is 13.9. The first-order chi connectivity index (χ1) is 8.26. The second-order valence-electron chi connectivity index (χ2n) is 6.57. The maximum absolute atomic E-state index is 11.0. The Morgan fingerprint density at radius 2 is 1.78 bits per heavy atom. The van der Waals surface area contributed by atoms with Crippen LogP contribution < -0.4 is 0 Å². The van der Waals surface area contributed by atoms with E-state index in [4.69, 9.17) is 0 Å². The molecule has 18 heavy (non-hydrogen) atoms. The van der Waals surface area contributed by atoms with Crippen LogP contribution in [-0.4, -0.2) is 20.1 Å². The molecule has 0 aliphatic carbocycles.